The van der Waals surface area contributed by atoms with Gasteiger partial charge in [-0.1, -0.05) is 55.9 Å². The third-order valence-electron chi connectivity index (χ3n) is 8.83. The van der Waals surface area contributed by atoms with Gasteiger partial charge in [0.15, 0.2) is 17.7 Å². The van der Waals surface area contributed by atoms with Crippen molar-refractivity contribution in [3.8, 4) is 5.75 Å². The van der Waals surface area contributed by atoms with Crippen molar-refractivity contribution >= 4 is 79.9 Å². The molecule has 2 amide bonds. The first kappa shape index (κ1) is 48.1. The Morgan fingerprint density at radius 3 is 2.44 bits per heavy atom. The number of anilines is 1. The number of phenols is 1. The van der Waals surface area contributed by atoms with Crippen LogP contribution < -0.4 is 35.9 Å². The van der Waals surface area contributed by atoms with E-state index in [9.17, 15) is 63.0 Å². The van der Waals surface area contributed by atoms with Gasteiger partial charge in [-0.2, -0.15) is 0 Å². The molecule has 0 radical (unpaired) electrons. The zero-order valence-electron chi connectivity index (χ0n) is 31.8. The van der Waals surface area contributed by atoms with Gasteiger partial charge in [-0.15, -0.1) is 0 Å². The molecule has 7 N–H and O–H groups in total. The molecule has 0 bridgehead atoms. The molecule has 2 aromatic carbocycles. The molecule has 1 aliphatic heterocycles. The molecule has 2 aromatic heterocycles. The summed E-state index contributed by atoms with van der Waals surface area (Å²) < 4.78 is 60.6. The number of aromatic hydroxyl groups is 1. The number of aliphatic hydroxyl groups excluding tert-OH is 2. The van der Waals surface area contributed by atoms with Crippen LogP contribution in [0.4, 0.5) is 5.82 Å². The SMILES string of the molecule is CC(C)(COP(=O)([O-])OP(=O)([O-])OC[C@H]1O[C@@H](n2cnc3c(N)ncnc32)[C@H](O)[C@@H]1OP(=O)([O-])[O-])[C@@H](O)C(=O)NCCC(=O)NCCSC(=O)c1ccc2ccccc2c1O. The van der Waals surface area contributed by atoms with Crippen LogP contribution in [0.1, 0.15) is 36.9 Å². The molecule has 3 heterocycles. The van der Waals surface area contributed by atoms with Crippen LogP contribution in [0.15, 0.2) is 49.1 Å². The fourth-order valence-electron chi connectivity index (χ4n) is 5.75. The third-order valence-corrected chi connectivity index (χ3v) is 12.7. The number of aliphatic hydroxyl groups is 2. The number of phenolic OH excluding ortho intramolecular Hbond substituents is 1. The molecule has 25 nitrogen and oxygen atoms in total. The number of aromatic nitrogens is 4. The van der Waals surface area contributed by atoms with Gasteiger partial charge in [0.2, 0.25) is 16.9 Å². The highest BCUT2D eigenvalue weighted by Crippen LogP contribution is 2.56. The smallest absolute Gasteiger partial charge is 0.274 e. The summed E-state index contributed by atoms with van der Waals surface area (Å²) in [6.45, 7) is -0.142. The molecule has 61 heavy (non-hydrogen) atoms. The summed E-state index contributed by atoms with van der Waals surface area (Å²) >= 11 is 0.874. The Labute approximate surface area is 349 Å². The van der Waals surface area contributed by atoms with Crippen LogP contribution in [0, 0.1) is 5.41 Å². The second-order valence-corrected chi connectivity index (χ2v) is 18.9. The van der Waals surface area contributed by atoms with Crippen molar-refractivity contribution in [1.82, 2.24) is 30.2 Å². The second kappa shape index (κ2) is 19.6. The van der Waals surface area contributed by atoms with Crippen molar-refractivity contribution in [1.29, 1.82) is 0 Å². The van der Waals surface area contributed by atoms with E-state index < -0.39 is 89.7 Å². The zero-order valence-corrected chi connectivity index (χ0v) is 35.3. The van der Waals surface area contributed by atoms with E-state index in [-0.39, 0.29) is 53.6 Å². The van der Waals surface area contributed by atoms with E-state index in [0.717, 1.165) is 34.4 Å². The number of carbonyl (C=O) groups excluding carboxylic acids is 3. The van der Waals surface area contributed by atoms with Gasteiger partial charge in [-0.3, -0.25) is 28.1 Å². The number of benzene rings is 2. The van der Waals surface area contributed by atoms with Gasteiger partial charge in [0.05, 0.1) is 32.9 Å². The van der Waals surface area contributed by atoms with E-state index in [0.29, 0.717) is 5.39 Å². The van der Waals surface area contributed by atoms with E-state index in [4.69, 9.17) is 10.5 Å². The lowest BCUT2D eigenvalue weighted by molar-refractivity contribution is -0.347. The summed E-state index contributed by atoms with van der Waals surface area (Å²) in [5, 5.41) is 37.6. The van der Waals surface area contributed by atoms with Crippen LogP contribution in [0.2, 0.25) is 0 Å². The topological polar surface area (TPSA) is 395 Å². The molecule has 7 atom stereocenters. The lowest BCUT2D eigenvalue weighted by Crippen LogP contribution is -2.46. The number of rotatable bonds is 20. The monoisotopic (exact) mass is 933 g/mol. The summed E-state index contributed by atoms with van der Waals surface area (Å²) in [5.41, 5.74) is 4.14. The molecule has 29 heteroatoms. The highest BCUT2D eigenvalue weighted by molar-refractivity contribution is 8.14. The van der Waals surface area contributed by atoms with Gasteiger partial charge in [0, 0.05) is 36.1 Å². The van der Waals surface area contributed by atoms with Gasteiger partial charge >= 0.3 is 0 Å². The van der Waals surface area contributed by atoms with Crippen LogP contribution >= 0.6 is 35.2 Å². The molecule has 1 saturated heterocycles. The van der Waals surface area contributed by atoms with Crippen molar-refractivity contribution in [2.75, 3.05) is 37.8 Å². The number of phosphoric acid groups is 3. The number of hydrogen-bond donors (Lipinski definition) is 6. The molecule has 4 aromatic rings. The minimum Gasteiger partial charge on any atom is -0.790 e. The van der Waals surface area contributed by atoms with E-state index in [2.05, 4.69) is 43.5 Å². The van der Waals surface area contributed by atoms with Crippen molar-refractivity contribution in [2.24, 2.45) is 5.41 Å². The van der Waals surface area contributed by atoms with E-state index in [1.807, 2.05) is 0 Å². The van der Waals surface area contributed by atoms with Crippen LogP contribution in [0.25, 0.3) is 21.9 Å². The van der Waals surface area contributed by atoms with Gasteiger partial charge in [0.1, 0.15) is 42.0 Å². The van der Waals surface area contributed by atoms with Crippen molar-refractivity contribution < 1.29 is 85.6 Å². The average Bonchev–Trinajstić information content (AvgIpc) is 3.74. The van der Waals surface area contributed by atoms with Crippen LogP contribution in [-0.2, 0) is 45.9 Å². The number of amides is 2. The highest BCUT2D eigenvalue weighted by atomic mass is 32.2. The highest BCUT2D eigenvalue weighted by Gasteiger charge is 2.47. The summed E-state index contributed by atoms with van der Waals surface area (Å²) in [7, 11) is -17.7. The van der Waals surface area contributed by atoms with Gasteiger partial charge in [-0.25, -0.2) is 19.3 Å². The molecule has 2 unspecified atom stereocenters. The quantitative estimate of drug-likeness (QED) is 0.0425. The third kappa shape index (κ3) is 12.6. The number of nitrogens with zero attached hydrogens (tertiary/aromatic N) is 4. The summed E-state index contributed by atoms with van der Waals surface area (Å²) in [6.07, 6.45) is -7.74. The largest absolute Gasteiger partial charge is 0.790 e. The lowest BCUT2D eigenvalue weighted by atomic mass is 9.87. The van der Waals surface area contributed by atoms with E-state index >= 15 is 0 Å². The molecular formula is C32H38N7O18P3S-4. The summed E-state index contributed by atoms with van der Waals surface area (Å²) in [4.78, 5) is 97.1. The van der Waals surface area contributed by atoms with Crippen molar-refractivity contribution in [3.63, 3.8) is 0 Å². The predicted molar refractivity (Wildman–Crippen MR) is 203 cm³/mol. The molecule has 0 saturated carbocycles. The maximum atomic E-state index is 12.6. The minimum absolute atomic E-state index is 0.0288. The number of ether oxygens (including phenoxy) is 1. The molecule has 1 fully saturated rings. The number of nitrogens with two attached hydrogens (primary N) is 1. The molecule has 334 valence electrons. The van der Waals surface area contributed by atoms with E-state index in [1.54, 1.807) is 30.3 Å². The number of phosphoric ester groups is 3. The number of thioether (sulfide) groups is 1. The number of fused-ring (bicyclic) bond motifs is 2. The predicted octanol–water partition coefficient (Wildman–Crippen LogP) is -1.69. The molecule has 0 spiro atoms. The van der Waals surface area contributed by atoms with Crippen molar-refractivity contribution in [2.45, 2.75) is 50.9 Å². The van der Waals surface area contributed by atoms with Crippen LogP contribution in [0.5, 0.6) is 5.75 Å². The Bertz CT molecular complexity index is 2400. The Morgan fingerprint density at radius 1 is 1.02 bits per heavy atom. The number of carbonyl (C=O) groups is 3. The van der Waals surface area contributed by atoms with Gasteiger partial charge in [-0.05, 0) is 11.5 Å². The number of imidazole rings is 1. The molecular weight excluding hydrogens is 895 g/mol. The number of hydrogen-bond acceptors (Lipinski definition) is 23. The van der Waals surface area contributed by atoms with Crippen LogP contribution in [0.3, 0.4) is 0 Å². The standard InChI is InChI=1S/C32H42N7O18P3S/c1-32(2,26(43)29(44)35-10-9-21(40)34-11-12-61-31(45)19-8-7-17-5-3-4-6-18(17)23(19)41)14-54-60(51,52)57-59(49,50)53-13-20-25(56-58(46,47)48)24(42)30(55-20)39-16-38-22-27(33)36-15-37-28(22)39/h3-8,15-16,20,24-26,30,41-43H,9-14H2,1-2H3,(H,34,40)(H,35,44)(H,49,50)(H,51,52)(H2,33,36,37)(H2,46,47,48)/p-4/t20-,24-,25-,26+,30-/m1/s1. The van der Waals surface area contributed by atoms with Gasteiger partial charge < -0.3 is 74.1 Å². The normalized spacial score (nSPS) is 20.9. The minimum atomic E-state index is -5.94. The molecule has 5 rings (SSSR count). The lowest BCUT2D eigenvalue weighted by Gasteiger charge is -2.36. The molecule has 0 aliphatic carbocycles. The fraction of sp³-hybridized carbons (Fsp3) is 0.438. The Balaban J connectivity index is 1.05. The van der Waals surface area contributed by atoms with E-state index in [1.165, 1.54) is 19.9 Å². The Hall–Kier alpha value is -3.94. The fourth-order valence-corrected chi connectivity index (χ4v) is 9.19. The second-order valence-electron chi connectivity index (χ2n) is 13.8. The summed E-state index contributed by atoms with van der Waals surface area (Å²) in [5.74, 6) is -1.64. The maximum Gasteiger partial charge on any atom is 0.274 e. The number of nitrogen functional groups attached to an aromatic ring is 1. The Morgan fingerprint density at radius 2 is 1.72 bits per heavy atom. The molecule has 1 aliphatic rings. The average molecular weight is 934 g/mol. The first-order valence-electron chi connectivity index (χ1n) is 17.7. The van der Waals surface area contributed by atoms with Crippen LogP contribution in [-0.4, -0.2) is 108 Å². The zero-order chi connectivity index (χ0) is 44.9. The van der Waals surface area contributed by atoms with Gasteiger partial charge in [0.25, 0.3) is 15.6 Å². The Kier molecular flexibility index (Phi) is 15.5. The first-order valence-corrected chi connectivity index (χ1v) is 23.0. The number of nitrogens with one attached hydrogen (secondary N) is 2. The maximum absolute atomic E-state index is 12.6. The first-order chi connectivity index (χ1) is 28.5. The summed E-state index contributed by atoms with van der Waals surface area (Å²) in [6, 6.07) is 10.2. The van der Waals surface area contributed by atoms with Crippen molar-refractivity contribution in [3.05, 3.63) is 54.6 Å².